The largest absolute Gasteiger partial charge is 0.486 e. The molecule has 1 N–H and O–H groups in total. The molecule has 0 radical (unpaired) electrons. The third-order valence-electron chi connectivity index (χ3n) is 6.58. The van der Waals surface area contributed by atoms with Gasteiger partial charge in [0.05, 0.1) is 12.2 Å². The summed E-state index contributed by atoms with van der Waals surface area (Å²) in [4.78, 5) is 30.0. The predicted octanol–water partition coefficient (Wildman–Crippen LogP) is 5.06. The van der Waals surface area contributed by atoms with E-state index >= 15 is 0 Å². The number of likely N-dealkylation sites (tertiary alicyclic amines) is 1. The van der Waals surface area contributed by atoms with E-state index in [0.29, 0.717) is 32.5 Å². The highest BCUT2D eigenvalue weighted by molar-refractivity contribution is 5.96. The fourth-order valence-electron chi connectivity index (χ4n) is 4.80. The lowest BCUT2D eigenvalue weighted by atomic mass is 9.95. The summed E-state index contributed by atoms with van der Waals surface area (Å²) in [5.74, 6) is 0.728. The number of hydrogen-bond donors (Lipinski definition) is 1. The van der Waals surface area contributed by atoms with Gasteiger partial charge in [0.2, 0.25) is 5.91 Å². The van der Waals surface area contributed by atoms with E-state index in [1.807, 2.05) is 47.9 Å². The van der Waals surface area contributed by atoms with Gasteiger partial charge in [0.25, 0.3) is 0 Å². The van der Waals surface area contributed by atoms with Gasteiger partial charge in [-0.05, 0) is 63.3 Å². The number of benzene rings is 2. The number of carbonyl (C=O) groups is 2. The van der Waals surface area contributed by atoms with Crippen molar-refractivity contribution in [2.75, 3.05) is 29.9 Å². The second-order valence-corrected chi connectivity index (χ2v) is 9.03. The van der Waals surface area contributed by atoms with Crippen LogP contribution in [0.25, 0.3) is 0 Å². The first-order valence-corrected chi connectivity index (χ1v) is 11.6. The molecule has 4 rings (SSSR count). The molecule has 1 fully saturated rings. The molecule has 2 aliphatic heterocycles. The zero-order valence-corrected chi connectivity index (χ0v) is 19.5. The van der Waals surface area contributed by atoms with Crippen molar-refractivity contribution in [2.24, 2.45) is 5.92 Å². The van der Waals surface area contributed by atoms with Gasteiger partial charge in [-0.1, -0.05) is 36.8 Å². The van der Waals surface area contributed by atoms with Crippen LogP contribution in [0.15, 0.2) is 36.4 Å². The van der Waals surface area contributed by atoms with Gasteiger partial charge >= 0.3 is 6.03 Å². The van der Waals surface area contributed by atoms with E-state index in [0.717, 1.165) is 34.7 Å². The van der Waals surface area contributed by atoms with Crippen molar-refractivity contribution in [3.05, 3.63) is 53.1 Å². The molecular weight excluding hydrogens is 402 g/mol. The highest BCUT2D eigenvalue weighted by Crippen LogP contribution is 2.35. The number of aryl methyl sites for hydroxylation is 3. The normalized spacial score (nSPS) is 18.7. The van der Waals surface area contributed by atoms with Crippen LogP contribution in [0, 0.1) is 26.7 Å². The number of amides is 3. The second-order valence-electron chi connectivity index (χ2n) is 9.03. The Morgan fingerprint density at radius 3 is 2.38 bits per heavy atom. The van der Waals surface area contributed by atoms with Gasteiger partial charge < -0.3 is 15.0 Å². The summed E-state index contributed by atoms with van der Waals surface area (Å²) in [6.07, 6.45) is 2.19. The highest BCUT2D eigenvalue weighted by Gasteiger charge is 2.34. The average Bonchev–Trinajstić information content (AvgIpc) is 2.80. The minimum Gasteiger partial charge on any atom is -0.486 e. The summed E-state index contributed by atoms with van der Waals surface area (Å²) in [5, 5.41) is 3.14. The van der Waals surface area contributed by atoms with Crippen molar-refractivity contribution in [3.63, 3.8) is 0 Å². The summed E-state index contributed by atoms with van der Waals surface area (Å²) >= 11 is 0. The lowest BCUT2D eigenvalue weighted by molar-refractivity contribution is -0.121. The molecule has 0 aromatic heterocycles. The van der Waals surface area contributed by atoms with Crippen molar-refractivity contribution in [3.8, 4) is 5.75 Å². The molecule has 2 aliphatic rings. The van der Waals surface area contributed by atoms with Crippen LogP contribution in [-0.2, 0) is 4.79 Å². The van der Waals surface area contributed by atoms with Gasteiger partial charge in [0.15, 0.2) is 0 Å². The van der Waals surface area contributed by atoms with Crippen LogP contribution in [0.4, 0.5) is 16.2 Å². The van der Waals surface area contributed by atoms with E-state index in [4.69, 9.17) is 4.74 Å². The number of anilines is 2. The Hall–Kier alpha value is -3.02. The van der Waals surface area contributed by atoms with E-state index in [1.165, 1.54) is 5.56 Å². The minimum atomic E-state index is -0.0838. The van der Waals surface area contributed by atoms with Crippen LogP contribution in [0.1, 0.15) is 42.9 Å². The average molecular weight is 436 g/mol. The van der Waals surface area contributed by atoms with Crippen molar-refractivity contribution in [1.29, 1.82) is 0 Å². The summed E-state index contributed by atoms with van der Waals surface area (Å²) in [7, 11) is 0. The number of carbonyl (C=O) groups excluding carboxylic acids is 2. The smallest absolute Gasteiger partial charge is 0.324 e. The van der Waals surface area contributed by atoms with Crippen molar-refractivity contribution in [2.45, 2.75) is 53.1 Å². The van der Waals surface area contributed by atoms with Gasteiger partial charge in [-0.15, -0.1) is 0 Å². The lowest BCUT2D eigenvalue weighted by Gasteiger charge is -2.39. The van der Waals surface area contributed by atoms with E-state index in [9.17, 15) is 9.59 Å². The first-order chi connectivity index (χ1) is 15.4. The van der Waals surface area contributed by atoms with Crippen LogP contribution in [-0.4, -0.2) is 42.6 Å². The molecule has 0 aliphatic carbocycles. The minimum absolute atomic E-state index is 0.00171. The Morgan fingerprint density at radius 2 is 1.72 bits per heavy atom. The van der Waals surface area contributed by atoms with Crippen LogP contribution >= 0.6 is 0 Å². The molecule has 6 heteroatoms. The molecular formula is C26H33N3O3. The Balaban J connectivity index is 1.40. The molecule has 0 bridgehead atoms. The molecule has 170 valence electrons. The second kappa shape index (κ2) is 9.23. The number of nitrogens with zero attached hydrogens (tertiary/aromatic N) is 2. The van der Waals surface area contributed by atoms with Gasteiger partial charge in [-0.25, -0.2) is 4.79 Å². The first-order valence-electron chi connectivity index (χ1n) is 11.6. The van der Waals surface area contributed by atoms with E-state index < -0.39 is 0 Å². The molecule has 32 heavy (non-hydrogen) atoms. The number of urea groups is 1. The van der Waals surface area contributed by atoms with Gasteiger partial charge in [0, 0.05) is 24.7 Å². The molecule has 0 unspecified atom stereocenters. The standard InChI is InChI=1S/C26H33N3O3/c1-5-21-16-29(22-8-6-7-9-23(22)32-21)26(31)28-12-10-20(11-13-28)25(30)27-24-18(3)14-17(2)15-19(24)4/h6-9,14-15,20-21H,5,10-13,16H2,1-4H3,(H,27,30)/t21-/m0/s1. The maximum atomic E-state index is 13.4. The summed E-state index contributed by atoms with van der Waals surface area (Å²) < 4.78 is 6.02. The monoisotopic (exact) mass is 435 g/mol. The summed E-state index contributed by atoms with van der Waals surface area (Å²) in [5.41, 5.74) is 5.10. The third-order valence-corrected chi connectivity index (χ3v) is 6.58. The Morgan fingerprint density at radius 1 is 1.06 bits per heavy atom. The number of hydrogen-bond acceptors (Lipinski definition) is 3. The van der Waals surface area contributed by atoms with E-state index in [-0.39, 0.29) is 24.0 Å². The number of fused-ring (bicyclic) bond motifs is 1. The van der Waals surface area contributed by atoms with Crippen molar-refractivity contribution in [1.82, 2.24) is 4.90 Å². The molecule has 1 atom stereocenters. The number of para-hydroxylation sites is 2. The SMILES string of the molecule is CC[C@H]1CN(C(=O)N2CCC(C(=O)Nc3c(C)cc(C)cc3C)CC2)c2ccccc2O1. The van der Waals surface area contributed by atoms with Gasteiger partial charge in [-0.3, -0.25) is 9.69 Å². The number of ether oxygens (including phenoxy) is 1. The Labute approximate surface area is 190 Å². The van der Waals surface area contributed by atoms with Crippen LogP contribution in [0.5, 0.6) is 5.75 Å². The zero-order valence-electron chi connectivity index (χ0n) is 19.5. The molecule has 2 heterocycles. The number of nitrogens with one attached hydrogen (secondary N) is 1. The molecule has 2 aromatic rings. The van der Waals surface area contributed by atoms with E-state index in [1.54, 1.807) is 0 Å². The summed E-state index contributed by atoms with van der Waals surface area (Å²) in [6, 6.07) is 11.9. The summed E-state index contributed by atoms with van der Waals surface area (Å²) in [6.45, 7) is 9.91. The Bertz CT molecular complexity index is 988. The van der Waals surface area contributed by atoms with Gasteiger partial charge in [0.1, 0.15) is 11.9 Å². The quantitative estimate of drug-likeness (QED) is 0.733. The molecule has 2 aromatic carbocycles. The highest BCUT2D eigenvalue weighted by atomic mass is 16.5. The number of rotatable bonds is 3. The molecule has 6 nitrogen and oxygen atoms in total. The maximum Gasteiger partial charge on any atom is 0.324 e. The van der Waals surface area contributed by atoms with Crippen LogP contribution in [0.3, 0.4) is 0 Å². The third kappa shape index (κ3) is 4.45. The molecule has 3 amide bonds. The first kappa shape index (κ1) is 22.2. The van der Waals surface area contributed by atoms with E-state index in [2.05, 4.69) is 31.3 Å². The van der Waals surface area contributed by atoms with Crippen molar-refractivity contribution >= 4 is 23.3 Å². The number of piperidine rings is 1. The molecule has 1 saturated heterocycles. The fraction of sp³-hybridized carbons (Fsp3) is 0.462. The van der Waals surface area contributed by atoms with Crippen LogP contribution < -0.4 is 15.0 Å². The predicted molar refractivity (Wildman–Crippen MR) is 127 cm³/mol. The Kier molecular flexibility index (Phi) is 6.40. The zero-order chi connectivity index (χ0) is 22.8. The van der Waals surface area contributed by atoms with Crippen molar-refractivity contribution < 1.29 is 14.3 Å². The molecule has 0 saturated carbocycles. The lowest BCUT2D eigenvalue weighted by Crippen LogP contribution is -2.52. The maximum absolute atomic E-state index is 13.4. The molecule has 0 spiro atoms. The van der Waals surface area contributed by atoms with Crippen LogP contribution in [0.2, 0.25) is 0 Å². The topological polar surface area (TPSA) is 61.9 Å². The fourth-order valence-corrected chi connectivity index (χ4v) is 4.80. The van der Waals surface area contributed by atoms with Gasteiger partial charge in [-0.2, -0.15) is 0 Å².